The molecule has 1 aliphatic heterocycles. The monoisotopic (exact) mass is 289 g/mol. The normalized spacial score (nSPS) is 29.3. The molecule has 2 fully saturated rings. The van der Waals surface area contributed by atoms with Gasteiger partial charge in [-0.25, -0.2) is 4.79 Å². The number of nitrogens with one attached hydrogen (secondary N) is 1. The molecule has 1 saturated carbocycles. The Morgan fingerprint density at radius 1 is 1.33 bits per heavy atom. The van der Waals surface area contributed by atoms with Crippen LogP contribution in [0.25, 0.3) is 0 Å². The van der Waals surface area contributed by atoms with Crippen molar-refractivity contribution in [2.75, 3.05) is 6.61 Å². The molecule has 21 heavy (non-hydrogen) atoms. The van der Waals surface area contributed by atoms with Crippen LogP contribution in [-0.2, 0) is 4.74 Å². The molecule has 2 aliphatic rings. The number of fused-ring (bicyclic) bond motifs is 1. The first-order valence-electron chi connectivity index (χ1n) is 7.17. The smallest absolute Gasteiger partial charge is 0.335 e. The fourth-order valence-electron chi connectivity index (χ4n) is 3.64. The second-order valence-electron chi connectivity index (χ2n) is 6.40. The van der Waals surface area contributed by atoms with Gasteiger partial charge < -0.3 is 15.2 Å². The van der Waals surface area contributed by atoms with Crippen LogP contribution in [-0.4, -0.2) is 35.7 Å². The molecule has 0 bridgehead atoms. The highest BCUT2D eigenvalue weighted by Crippen LogP contribution is 2.52. The molecule has 1 aliphatic carbocycles. The largest absolute Gasteiger partial charge is 0.478 e. The lowest BCUT2D eigenvalue weighted by Crippen LogP contribution is -2.66. The van der Waals surface area contributed by atoms with E-state index in [-0.39, 0.29) is 29.0 Å². The maximum absolute atomic E-state index is 12.4. The van der Waals surface area contributed by atoms with Crippen molar-refractivity contribution < 1.29 is 19.4 Å². The summed E-state index contributed by atoms with van der Waals surface area (Å²) in [6, 6.07) is 6.19. The van der Waals surface area contributed by atoms with Gasteiger partial charge in [-0.15, -0.1) is 0 Å². The average molecular weight is 289 g/mol. The molecule has 1 aromatic rings. The minimum Gasteiger partial charge on any atom is -0.478 e. The maximum atomic E-state index is 12.4. The van der Waals surface area contributed by atoms with Gasteiger partial charge >= 0.3 is 5.97 Å². The van der Waals surface area contributed by atoms with Gasteiger partial charge in [0.2, 0.25) is 0 Å². The number of ether oxygens (including phenoxy) is 1. The topological polar surface area (TPSA) is 75.6 Å². The molecule has 112 valence electrons. The van der Waals surface area contributed by atoms with E-state index >= 15 is 0 Å². The van der Waals surface area contributed by atoms with Crippen molar-refractivity contribution in [3.8, 4) is 0 Å². The molecule has 3 rings (SSSR count). The van der Waals surface area contributed by atoms with Crippen LogP contribution < -0.4 is 5.32 Å². The molecule has 0 radical (unpaired) electrons. The molecule has 1 saturated heterocycles. The molecule has 1 heterocycles. The minimum absolute atomic E-state index is 0.0750. The van der Waals surface area contributed by atoms with E-state index in [1.54, 1.807) is 12.1 Å². The van der Waals surface area contributed by atoms with Gasteiger partial charge in [-0.1, -0.05) is 19.9 Å². The molecular formula is C16H19NO4. The van der Waals surface area contributed by atoms with E-state index in [9.17, 15) is 9.59 Å². The summed E-state index contributed by atoms with van der Waals surface area (Å²) in [6.07, 6.45) is 1.18. The molecule has 2 N–H and O–H groups in total. The molecule has 0 aromatic heterocycles. The van der Waals surface area contributed by atoms with Crippen LogP contribution in [0.2, 0.25) is 0 Å². The Balaban J connectivity index is 1.75. The fraction of sp³-hybridized carbons (Fsp3) is 0.500. The van der Waals surface area contributed by atoms with E-state index in [0.717, 1.165) is 13.0 Å². The Hall–Kier alpha value is -1.88. The van der Waals surface area contributed by atoms with Gasteiger partial charge in [0, 0.05) is 29.5 Å². The zero-order chi connectivity index (χ0) is 15.2. The second-order valence-corrected chi connectivity index (χ2v) is 6.40. The summed E-state index contributed by atoms with van der Waals surface area (Å²) in [5.41, 5.74) is 0.423. The summed E-state index contributed by atoms with van der Waals surface area (Å²) >= 11 is 0. The van der Waals surface area contributed by atoms with Crippen molar-refractivity contribution in [3.05, 3.63) is 35.4 Å². The number of carbonyl (C=O) groups excluding carboxylic acids is 1. The first-order valence-corrected chi connectivity index (χ1v) is 7.17. The summed E-state index contributed by atoms with van der Waals surface area (Å²) in [4.78, 5) is 23.3. The van der Waals surface area contributed by atoms with Crippen molar-refractivity contribution in [1.29, 1.82) is 0 Å². The summed E-state index contributed by atoms with van der Waals surface area (Å²) in [5, 5.41) is 12.0. The summed E-state index contributed by atoms with van der Waals surface area (Å²) in [7, 11) is 0. The van der Waals surface area contributed by atoms with E-state index in [2.05, 4.69) is 19.2 Å². The summed E-state index contributed by atoms with van der Waals surface area (Å²) in [5.74, 6) is -0.883. The second kappa shape index (κ2) is 4.84. The summed E-state index contributed by atoms with van der Waals surface area (Å²) < 4.78 is 5.71. The van der Waals surface area contributed by atoms with E-state index in [1.807, 2.05) is 0 Å². The molecule has 3 unspecified atom stereocenters. The highest BCUT2D eigenvalue weighted by Gasteiger charge is 2.59. The molecular weight excluding hydrogens is 270 g/mol. The standard InChI is InChI=1S/C16H19NO4/c1-16(2)12(11-6-7-21-13(11)16)17-14(18)9-4-3-5-10(8-9)15(19)20/h3-5,8,11-13H,6-7H2,1-2H3,(H,17,18)(H,19,20). The van der Waals surface area contributed by atoms with Crippen molar-refractivity contribution in [2.24, 2.45) is 11.3 Å². The van der Waals surface area contributed by atoms with E-state index in [1.165, 1.54) is 12.1 Å². The number of carboxylic acids is 1. The Morgan fingerprint density at radius 2 is 2.05 bits per heavy atom. The van der Waals surface area contributed by atoms with E-state index < -0.39 is 5.97 Å². The van der Waals surface area contributed by atoms with Crippen molar-refractivity contribution in [2.45, 2.75) is 32.4 Å². The Bertz CT molecular complexity index is 596. The number of amides is 1. The zero-order valence-electron chi connectivity index (χ0n) is 12.1. The molecule has 3 atom stereocenters. The van der Waals surface area contributed by atoms with Crippen molar-refractivity contribution in [1.82, 2.24) is 5.32 Å². The van der Waals surface area contributed by atoms with Crippen LogP contribution in [0.5, 0.6) is 0 Å². The minimum atomic E-state index is -1.03. The van der Waals surface area contributed by atoms with Crippen molar-refractivity contribution >= 4 is 11.9 Å². The van der Waals surface area contributed by atoms with Gasteiger partial charge in [-0.05, 0) is 24.6 Å². The number of hydrogen-bond donors (Lipinski definition) is 2. The molecule has 0 spiro atoms. The Morgan fingerprint density at radius 3 is 2.76 bits per heavy atom. The van der Waals surface area contributed by atoms with Gasteiger partial charge in [0.1, 0.15) is 0 Å². The lowest BCUT2D eigenvalue weighted by molar-refractivity contribution is -0.108. The number of hydrogen-bond acceptors (Lipinski definition) is 3. The number of rotatable bonds is 3. The van der Waals surface area contributed by atoms with Gasteiger partial charge in [-0.3, -0.25) is 4.79 Å². The van der Waals surface area contributed by atoms with Gasteiger partial charge in [0.15, 0.2) is 0 Å². The van der Waals surface area contributed by atoms with E-state index in [0.29, 0.717) is 11.5 Å². The number of benzene rings is 1. The lowest BCUT2D eigenvalue weighted by Gasteiger charge is -2.54. The highest BCUT2D eigenvalue weighted by molar-refractivity contribution is 5.97. The van der Waals surface area contributed by atoms with Crippen LogP contribution in [0.15, 0.2) is 24.3 Å². The third-order valence-corrected chi connectivity index (χ3v) is 4.76. The molecule has 5 heteroatoms. The molecule has 5 nitrogen and oxygen atoms in total. The van der Waals surface area contributed by atoms with Crippen LogP contribution in [0, 0.1) is 11.3 Å². The first-order chi connectivity index (χ1) is 9.91. The van der Waals surface area contributed by atoms with Crippen LogP contribution in [0.3, 0.4) is 0 Å². The lowest BCUT2D eigenvalue weighted by atomic mass is 9.57. The van der Waals surface area contributed by atoms with Gasteiger partial charge in [-0.2, -0.15) is 0 Å². The van der Waals surface area contributed by atoms with Crippen LogP contribution >= 0.6 is 0 Å². The molecule has 1 aromatic carbocycles. The van der Waals surface area contributed by atoms with Gasteiger partial charge in [0.25, 0.3) is 5.91 Å². The predicted molar refractivity (Wildman–Crippen MR) is 76.3 cm³/mol. The zero-order valence-corrected chi connectivity index (χ0v) is 12.1. The fourth-order valence-corrected chi connectivity index (χ4v) is 3.64. The third kappa shape index (κ3) is 2.21. The third-order valence-electron chi connectivity index (χ3n) is 4.76. The first kappa shape index (κ1) is 14.1. The number of carboxylic acid groups (broad SMARTS) is 1. The van der Waals surface area contributed by atoms with Gasteiger partial charge in [0.05, 0.1) is 11.7 Å². The summed E-state index contributed by atoms with van der Waals surface area (Å²) in [6.45, 7) is 4.94. The highest BCUT2D eigenvalue weighted by atomic mass is 16.5. The number of carbonyl (C=O) groups is 2. The SMILES string of the molecule is CC1(C)C(NC(=O)c2cccc(C(=O)O)c2)C2CCOC21. The predicted octanol–water partition coefficient (Wildman–Crippen LogP) is 1.93. The van der Waals surface area contributed by atoms with Crippen LogP contribution in [0.4, 0.5) is 0 Å². The average Bonchev–Trinajstić information content (AvgIpc) is 2.91. The number of aromatic carboxylic acids is 1. The quantitative estimate of drug-likeness (QED) is 0.891. The van der Waals surface area contributed by atoms with Crippen LogP contribution in [0.1, 0.15) is 41.0 Å². The van der Waals surface area contributed by atoms with E-state index in [4.69, 9.17) is 9.84 Å². The van der Waals surface area contributed by atoms with Crippen molar-refractivity contribution in [3.63, 3.8) is 0 Å². The Labute approximate surface area is 123 Å². The maximum Gasteiger partial charge on any atom is 0.335 e. The molecule has 1 amide bonds. The Kier molecular flexibility index (Phi) is 3.24.